The highest BCUT2D eigenvalue weighted by molar-refractivity contribution is 6.17. The molecule has 0 spiro atoms. The predicted molar refractivity (Wildman–Crippen MR) is 171 cm³/mol. The van der Waals surface area contributed by atoms with Crippen LogP contribution in [0.15, 0.2) is 84.9 Å². The second-order valence-corrected chi connectivity index (χ2v) is 13.1. The molecular weight excluding hydrogens is 468 g/mol. The number of fused-ring (bicyclic) bond motifs is 3. The summed E-state index contributed by atoms with van der Waals surface area (Å²) in [7, 11) is 13.9. The third-order valence-corrected chi connectivity index (χ3v) is 8.20. The fraction of sp³-hybridized carbons (Fsp3) is 0.333. The highest BCUT2D eigenvalue weighted by Crippen LogP contribution is 2.56. The van der Waals surface area contributed by atoms with E-state index in [1.807, 2.05) is 0 Å². The molecule has 194 valence electrons. The first-order valence-corrected chi connectivity index (χ1v) is 14.1. The van der Waals surface area contributed by atoms with E-state index in [-0.39, 0.29) is 11.5 Å². The van der Waals surface area contributed by atoms with E-state index in [1.165, 1.54) is 39.1 Å². The van der Waals surface area contributed by atoms with Crippen molar-refractivity contribution in [3.8, 4) is 22.3 Å². The monoisotopic (exact) mass is 507 g/mol. The van der Waals surface area contributed by atoms with Gasteiger partial charge in [-0.15, -0.1) is 0 Å². The van der Waals surface area contributed by atoms with Crippen LogP contribution in [0.5, 0.6) is 0 Å². The van der Waals surface area contributed by atoms with Crippen molar-refractivity contribution in [1.29, 1.82) is 0 Å². The van der Waals surface area contributed by atoms with Crippen molar-refractivity contribution in [3.05, 3.63) is 107 Å². The first-order valence-electron chi connectivity index (χ1n) is 14.1. The van der Waals surface area contributed by atoms with E-state index in [4.69, 9.17) is 15.7 Å². The summed E-state index contributed by atoms with van der Waals surface area (Å²) in [4.78, 5) is 2.50. The van der Waals surface area contributed by atoms with Crippen molar-refractivity contribution in [1.82, 2.24) is 0 Å². The van der Waals surface area contributed by atoms with Crippen LogP contribution in [0.25, 0.3) is 22.3 Å². The Morgan fingerprint density at radius 1 is 0.667 bits per heavy atom. The Labute approximate surface area is 238 Å². The quantitative estimate of drug-likeness (QED) is 0.236. The van der Waals surface area contributed by atoms with Crippen LogP contribution in [0.1, 0.15) is 77.6 Å². The zero-order valence-corrected chi connectivity index (χ0v) is 24.8. The van der Waals surface area contributed by atoms with Gasteiger partial charge in [-0.05, 0) is 81.1 Å². The lowest BCUT2D eigenvalue weighted by atomic mass is 9.64. The summed E-state index contributed by atoms with van der Waals surface area (Å²) < 4.78 is 0. The highest BCUT2D eigenvalue weighted by atomic mass is 15.2. The Bertz CT molecular complexity index is 1520. The van der Waals surface area contributed by atoms with Crippen molar-refractivity contribution in [2.45, 2.75) is 77.5 Å². The molecule has 0 amide bonds. The fourth-order valence-electron chi connectivity index (χ4n) is 6.35. The minimum Gasteiger partial charge on any atom is -0.338 e. The Morgan fingerprint density at radius 2 is 1.28 bits per heavy atom. The molecule has 0 heterocycles. The summed E-state index contributed by atoms with van der Waals surface area (Å²) in [5, 5.41) is -1.09. The van der Waals surface area contributed by atoms with Crippen molar-refractivity contribution in [2.24, 2.45) is 0 Å². The van der Waals surface area contributed by atoms with Crippen molar-refractivity contribution in [3.63, 3.8) is 0 Å². The van der Waals surface area contributed by atoms with Crippen LogP contribution in [0, 0.1) is 0 Å². The maximum atomic E-state index is 6.93. The van der Waals surface area contributed by atoms with Crippen LogP contribution < -0.4 is 4.90 Å². The largest absolute Gasteiger partial charge is 0.338 e. The fourth-order valence-corrected chi connectivity index (χ4v) is 6.35. The van der Waals surface area contributed by atoms with Gasteiger partial charge in [0.2, 0.25) is 0 Å². The third kappa shape index (κ3) is 4.65. The smallest absolute Gasteiger partial charge is 0.0803 e. The molecule has 5 rings (SSSR count). The van der Waals surface area contributed by atoms with Crippen molar-refractivity contribution >= 4 is 27.1 Å². The number of hydrogen-bond donors (Lipinski definition) is 0. The summed E-state index contributed by atoms with van der Waals surface area (Å²) in [6, 6.07) is 30.8. The van der Waals surface area contributed by atoms with Crippen LogP contribution in [-0.4, -0.2) is 21.7 Å². The van der Waals surface area contributed by atoms with Crippen molar-refractivity contribution < 1.29 is 0 Å². The molecular formula is C36H39B2N. The molecule has 1 nitrogen and oxygen atoms in total. The highest BCUT2D eigenvalue weighted by Gasteiger charge is 2.41. The summed E-state index contributed by atoms with van der Waals surface area (Å²) in [6.07, 6.45) is 0. The average Bonchev–Trinajstić information content (AvgIpc) is 3.10. The molecule has 0 unspecified atom stereocenters. The molecule has 0 saturated carbocycles. The second-order valence-electron chi connectivity index (χ2n) is 13.1. The van der Waals surface area contributed by atoms with Gasteiger partial charge >= 0.3 is 0 Å². The van der Waals surface area contributed by atoms with Gasteiger partial charge in [0.15, 0.2) is 0 Å². The molecule has 3 heteroatoms. The van der Waals surface area contributed by atoms with Crippen LogP contribution in [-0.2, 0) is 16.0 Å². The molecule has 0 N–H and O–H groups in total. The molecule has 0 aromatic heterocycles. The predicted octanol–water partition coefficient (Wildman–Crippen LogP) is 9.01. The van der Waals surface area contributed by atoms with E-state index in [9.17, 15) is 0 Å². The van der Waals surface area contributed by atoms with Gasteiger partial charge in [0.05, 0.1) is 15.7 Å². The molecule has 0 saturated heterocycles. The first kappa shape index (κ1) is 27.4. The molecule has 4 aromatic rings. The number of hydrogen-bond acceptors (Lipinski definition) is 1. The van der Waals surface area contributed by atoms with E-state index in [1.54, 1.807) is 0 Å². The van der Waals surface area contributed by atoms with Gasteiger partial charge < -0.3 is 4.90 Å². The lowest BCUT2D eigenvalue weighted by molar-refractivity contribution is 0.645. The molecule has 1 aliphatic carbocycles. The SMILES string of the molecule is [B]C(C)(C)c1cc(-c2ccccc2)ccc1N(c1c(C([B])(C)C)ccc2c1C(C)(C)c1ccccc1-2)C(C)C. The topological polar surface area (TPSA) is 3.24 Å². The number of benzene rings is 4. The van der Waals surface area contributed by atoms with E-state index < -0.39 is 10.6 Å². The normalized spacial score (nSPS) is 14.3. The lowest BCUT2D eigenvalue weighted by Gasteiger charge is -2.41. The average molecular weight is 507 g/mol. The molecule has 1 aliphatic rings. The third-order valence-electron chi connectivity index (χ3n) is 8.20. The molecule has 39 heavy (non-hydrogen) atoms. The van der Waals surface area contributed by atoms with Gasteiger partial charge in [-0.2, -0.15) is 0 Å². The minimum atomic E-state index is -0.553. The van der Waals surface area contributed by atoms with Crippen LogP contribution in [0.4, 0.5) is 11.4 Å². The maximum Gasteiger partial charge on any atom is 0.0803 e. The number of rotatable bonds is 6. The van der Waals surface area contributed by atoms with Crippen LogP contribution in [0.2, 0.25) is 0 Å². The number of anilines is 2. The lowest BCUT2D eigenvalue weighted by Crippen LogP contribution is -2.34. The zero-order chi connectivity index (χ0) is 28.3. The molecule has 0 aliphatic heterocycles. The van der Waals surface area contributed by atoms with Gasteiger partial charge in [0.25, 0.3) is 0 Å². The van der Waals surface area contributed by atoms with Gasteiger partial charge in [-0.3, -0.25) is 0 Å². The van der Waals surface area contributed by atoms with E-state index in [2.05, 4.69) is 145 Å². The minimum absolute atomic E-state index is 0.167. The molecule has 0 fully saturated rings. The summed E-state index contributed by atoms with van der Waals surface area (Å²) >= 11 is 0. The standard InChI is InChI=1S/C36H39B2N/c1-23(2)39(31-21-18-25(22-30(31)36(7,8)38)24-14-10-9-11-15-24)33-29(35(5,6)37)20-19-27-26-16-12-13-17-28(26)34(3,4)32(27)33/h9-23H,1-8H3. The van der Waals surface area contributed by atoms with Gasteiger partial charge in [-0.25, -0.2) is 0 Å². The number of nitrogens with zero attached hydrogens (tertiary/aromatic N) is 1. The Morgan fingerprint density at radius 3 is 1.90 bits per heavy atom. The first-order chi connectivity index (χ1) is 18.2. The molecule has 4 aromatic carbocycles. The molecule has 0 atom stereocenters. The molecule has 4 radical (unpaired) electrons. The second kappa shape index (κ2) is 9.47. The molecule has 0 bridgehead atoms. The zero-order valence-electron chi connectivity index (χ0n) is 24.8. The van der Waals surface area contributed by atoms with Crippen molar-refractivity contribution in [2.75, 3.05) is 4.90 Å². The Balaban J connectivity index is 1.85. The van der Waals surface area contributed by atoms with E-state index in [0.717, 1.165) is 16.8 Å². The summed E-state index contributed by atoms with van der Waals surface area (Å²) in [5.41, 5.74) is 12.1. The van der Waals surface area contributed by atoms with Gasteiger partial charge in [0, 0.05) is 22.8 Å². The summed E-state index contributed by atoms with van der Waals surface area (Å²) in [5.74, 6) is 0. The Kier molecular flexibility index (Phi) is 6.65. The van der Waals surface area contributed by atoms with E-state index in [0.29, 0.717) is 0 Å². The van der Waals surface area contributed by atoms with Gasteiger partial charge in [0.1, 0.15) is 0 Å². The summed E-state index contributed by atoms with van der Waals surface area (Å²) in [6.45, 7) is 17.6. The van der Waals surface area contributed by atoms with Gasteiger partial charge in [-0.1, -0.05) is 114 Å². The maximum absolute atomic E-state index is 6.93. The van der Waals surface area contributed by atoms with E-state index >= 15 is 0 Å². The van der Waals surface area contributed by atoms with Crippen LogP contribution >= 0.6 is 0 Å². The van der Waals surface area contributed by atoms with Crippen LogP contribution in [0.3, 0.4) is 0 Å². The Hall–Kier alpha value is -3.19.